The maximum Gasteiger partial charge on any atom is 0.240 e. The van der Waals surface area contributed by atoms with Crippen molar-refractivity contribution in [2.45, 2.75) is 30.7 Å². The zero-order valence-corrected chi connectivity index (χ0v) is 18.1. The standard InChI is InChI=1S/C20H28N2O4S.ClH/c1-15(2)16-4-6-17(7-5-16)20(21)14-22-27(23,24)19-10-8-18(9-11-19)26-13-12-25-3;/h4-11,15,20,22H,12-14,21H2,1-3H3;1H. The Balaban J connectivity index is 0.00000392. The highest BCUT2D eigenvalue weighted by Crippen LogP contribution is 2.19. The molecule has 0 aliphatic heterocycles. The molecule has 0 saturated carbocycles. The van der Waals surface area contributed by atoms with E-state index in [0.717, 1.165) is 5.56 Å². The summed E-state index contributed by atoms with van der Waals surface area (Å²) in [6.07, 6.45) is 0. The third-order valence-corrected chi connectivity index (χ3v) is 5.65. The molecule has 6 nitrogen and oxygen atoms in total. The van der Waals surface area contributed by atoms with Crippen molar-refractivity contribution in [2.75, 3.05) is 26.9 Å². The second-order valence-electron chi connectivity index (χ2n) is 6.59. The van der Waals surface area contributed by atoms with E-state index in [1.165, 1.54) is 17.7 Å². The van der Waals surface area contributed by atoms with Gasteiger partial charge in [-0.1, -0.05) is 38.1 Å². The molecule has 0 spiro atoms. The van der Waals surface area contributed by atoms with Crippen LogP contribution in [0, 0.1) is 0 Å². The van der Waals surface area contributed by atoms with Gasteiger partial charge in [-0.3, -0.25) is 0 Å². The molecule has 0 aliphatic carbocycles. The molecule has 28 heavy (non-hydrogen) atoms. The average Bonchev–Trinajstić information content (AvgIpc) is 2.67. The third-order valence-electron chi connectivity index (χ3n) is 4.21. The molecule has 8 heteroatoms. The van der Waals surface area contributed by atoms with Crippen molar-refractivity contribution >= 4 is 22.4 Å². The molecule has 2 aromatic carbocycles. The molecule has 0 aromatic heterocycles. The number of methoxy groups -OCH3 is 1. The average molecular weight is 429 g/mol. The van der Waals surface area contributed by atoms with Crippen LogP contribution in [-0.2, 0) is 14.8 Å². The fraction of sp³-hybridized carbons (Fsp3) is 0.400. The molecule has 0 bridgehead atoms. The van der Waals surface area contributed by atoms with Crippen LogP contribution in [0.4, 0.5) is 0 Å². The number of ether oxygens (including phenoxy) is 2. The van der Waals surface area contributed by atoms with Gasteiger partial charge in [-0.25, -0.2) is 13.1 Å². The molecule has 1 atom stereocenters. The van der Waals surface area contributed by atoms with E-state index < -0.39 is 16.1 Å². The summed E-state index contributed by atoms with van der Waals surface area (Å²) < 4.78 is 37.8. The van der Waals surface area contributed by atoms with E-state index in [9.17, 15) is 8.42 Å². The summed E-state index contributed by atoms with van der Waals surface area (Å²) >= 11 is 0. The minimum Gasteiger partial charge on any atom is -0.491 e. The van der Waals surface area contributed by atoms with E-state index in [1.54, 1.807) is 19.2 Å². The molecule has 0 fully saturated rings. The number of nitrogens with one attached hydrogen (secondary N) is 1. The molecule has 3 N–H and O–H groups in total. The predicted octanol–water partition coefficient (Wildman–Crippen LogP) is 3.24. The number of rotatable bonds is 10. The second-order valence-corrected chi connectivity index (χ2v) is 8.36. The lowest BCUT2D eigenvalue weighted by molar-refractivity contribution is 0.146. The van der Waals surface area contributed by atoms with Crippen LogP contribution >= 0.6 is 12.4 Å². The van der Waals surface area contributed by atoms with Crippen LogP contribution in [0.2, 0.25) is 0 Å². The van der Waals surface area contributed by atoms with Crippen LogP contribution in [-0.4, -0.2) is 35.3 Å². The van der Waals surface area contributed by atoms with Crippen LogP contribution in [0.15, 0.2) is 53.4 Å². The Morgan fingerprint density at radius 1 is 0.964 bits per heavy atom. The van der Waals surface area contributed by atoms with Crippen LogP contribution in [0.3, 0.4) is 0 Å². The highest BCUT2D eigenvalue weighted by Gasteiger charge is 2.16. The fourth-order valence-electron chi connectivity index (χ4n) is 2.49. The first-order chi connectivity index (χ1) is 12.8. The molecule has 0 amide bonds. The summed E-state index contributed by atoms with van der Waals surface area (Å²) in [5, 5.41) is 0. The van der Waals surface area contributed by atoms with Crippen molar-refractivity contribution in [3.8, 4) is 5.75 Å². The molecule has 0 heterocycles. The van der Waals surface area contributed by atoms with Gasteiger partial charge in [-0.2, -0.15) is 0 Å². The Kier molecular flexibility index (Phi) is 9.92. The highest BCUT2D eigenvalue weighted by atomic mass is 35.5. The van der Waals surface area contributed by atoms with Gasteiger partial charge in [-0.15, -0.1) is 12.4 Å². The molecule has 0 aliphatic rings. The normalized spacial score (nSPS) is 12.5. The number of hydrogen-bond acceptors (Lipinski definition) is 5. The molecule has 156 valence electrons. The van der Waals surface area contributed by atoms with Crippen molar-refractivity contribution in [3.05, 3.63) is 59.7 Å². The zero-order valence-electron chi connectivity index (χ0n) is 16.4. The predicted molar refractivity (Wildman–Crippen MR) is 114 cm³/mol. The lowest BCUT2D eigenvalue weighted by Gasteiger charge is -2.15. The van der Waals surface area contributed by atoms with Crippen LogP contribution in [0.1, 0.15) is 36.9 Å². The van der Waals surface area contributed by atoms with E-state index in [0.29, 0.717) is 24.9 Å². The highest BCUT2D eigenvalue weighted by molar-refractivity contribution is 7.89. The Morgan fingerprint density at radius 2 is 1.54 bits per heavy atom. The van der Waals surface area contributed by atoms with Crippen molar-refractivity contribution in [1.82, 2.24) is 4.72 Å². The number of sulfonamides is 1. The first-order valence-electron chi connectivity index (χ1n) is 8.90. The minimum absolute atomic E-state index is 0. The third kappa shape index (κ3) is 7.07. The first-order valence-corrected chi connectivity index (χ1v) is 10.4. The van der Waals surface area contributed by atoms with Crippen molar-refractivity contribution in [1.29, 1.82) is 0 Å². The summed E-state index contributed by atoms with van der Waals surface area (Å²) in [7, 11) is -2.05. The Morgan fingerprint density at radius 3 is 2.07 bits per heavy atom. The van der Waals surface area contributed by atoms with Crippen molar-refractivity contribution in [3.63, 3.8) is 0 Å². The quantitative estimate of drug-likeness (QED) is 0.567. The van der Waals surface area contributed by atoms with Gasteiger partial charge < -0.3 is 15.2 Å². The molecule has 0 saturated heterocycles. The maximum atomic E-state index is 12.5. The monoisotopic (exact) mass is 428 g/mol. The SMILES string of the molecule is COCCOc1ccc(S(=O)(=O)NCC(N)c2ccc(C(C)C)cc2)cc1.Cl. The van der Waals surface area contributed by atoms with Gasteiger partial charge in [0.15, 0.2) is 0 Å². The lowest BCUT2D eigenvalue weighted by Crippen LogP contribution is -2.32. The van der Waals surface area contributed by atoms with Crippen LogP contribution < -0.4 is 15.2 Å². The summed E-state index contributed by atoms with van der Waals surface area (Å²) in [5.74, 6) is 1.03. The van der Waals surface area contributed by atoms with Crippen LogP contribution in [0.25, 0.3) is 0 Å². The smallest absolute Gasteiger partial charge is 0.240 e. The Hall–Kier alpha value is -1.64. The fourth-order valence-corrected chi connectivity index (χ4v) is 3.55. The summed E-state index contributed by atoms with van der Waals surface area (Å²) in [4.78, 5) is 0.170. The zero-order chi connectivity index (χ0) is 19.9. The molecule has 2 aromatic rings. The Labute approximate surface area is 173 Å². The van der Waals surface area contributed by atoms with Gasteiger partial charge in [0.2, 0.25) is 10.0 Å². The molecule has 0 radical (unpaired) electrons. The van der Waals surface area contributed by atoms with Gasteiger partial charge in [0.1, 0.15) is 12.4 Å². The number of nitrogens with two attached hydrogens (primary N) is 1. The van der Waals surface area contributed by atoms with E-state index in [1.807, 2.05) is 24.3 Å². The van der Waals surface area contributed by atoms with Crippen LogP contribution in [0.5, 0.6) is 5.75 Å². The summed E-state index contributed by atoms with van der Waals surface area (Å²) in [6.45, 7) is 5.24. The topological polar surface area (TPSA) is 90.6 Å². The van der Waals surface area contributed by atoms with Gasteiger partial charge in [0, 0.05) is 19.7 Å². The van der Waals surface area contributed by atoms with Gasteiger partial charge in [-0.05, 0) is 41.3 Å². The van der Waals surface area contributed by atoms with Gasteiger partial charge >= 0.3 is 0 Å². The van der Waals surface area contributed by atoms with E-state index >= 15 is 0 Å². The summed E-state index contributed by atoms with van der Waals surface area (Å²) in [5.41, 5.74) is 8.25. The minimum atomic E-state index is -3.64. The molecular weight excluding hydrogens is 400 g/mol. The number of halogens is 1. The van der Waals surface area contributed by atoms with E-state index in [-0.39, 0.29) is 23.8 Å². The largest absolute Gasteiger partial charge is 0.491 e. The van der Waals surface area contributed by atoms with E-state index in [4.69, 9.17) is 15.2 Å². The number of benzene rings is 2. The van der Waals surface area contributed by atoms with Crippen molar-refractivity contribution in [2.24, 2.45) is 5.73 Å². The molecular formula is C20H29ClN2O4S. The molecule has 1 unspecified atom stereocenters. The molecule has 2 rings (SSSR count). The summed E-state index contributed by atoms with van der Waals surface area (Å²) in [6, 6.07) is 13.8. The van der Waals surface area contributed by atoms with E-state index in [2.05, 4.69) is 18.6 Å². The van der Waals surface area contributed by atoms with Gasteiger partial charge in [0.25, 0.3) is 0 Å². The second kappa shape index (κ2) is 11.4. The van der Waals surface area contributed by atoms with Crippen molar-refractivity contribution < 1.29 is 17.9 Å². The maximum absolute atomic E-state index is 12.5. The van der Waals surface area contributed by atoms with Gasteiger partial charge in [0.05, 0.1) is 11.5 Å². The lowest BCUT2D eigenvalue weighted by atomic mass is 9.99. The Bertz CT molecular complexity index is 809. The number of hydrogen-bond donors (Lipinski definition) is 2. The first kappa shape index (κ1) is 24.4.